The highest BCUT2D eigenvalue weighted by atomic mass is 79.9. The van der Waals surface area contributed by atoms with E-state index in [0.29, 0.717) is 30.5 Å². The van der Waals surface area contributed by atoms with E-state index in [2.05, 4.69) is 31.2 Å². The molecule has 5 nitrogen and oxygen atoms in total. The monoisotopic (exact) mass is 342 g/mol. The van der Waals surface area contributed by atoms with Crippen LogP contribution in [0.1, 0.15) is 18.2 Å². The number of hydrogen-bond acceptors (Lipinski definition) is 6. The number of nitrogens with zero attached hydrogens (tertiary/aromatic N) is 2. The number of aromatic nitrogens is 2. The molecule has 3 N–H and O–H groups in total. The Morgan fingerprint density at radius 1 is 1.47 bits per heavy atom. The van der Waals surface area contributed by atoms with Crippen molar-refractivity contribution in [2.24, 2.45) is 0 Å². The van der Waals surface area contributed by atoms with Gasteiger partial charge in [-0.2, -0.15) is 4.98 Å². The van der Waals surface area contributed by atoms with E-state index in [1.165, 1.54) is 11.2 Å². The second-order valence-electron chi connectivity index (χ2n) is 3.83. The van der Waals surface area contributed by atoms with Gasteiger partial charge in [-0.05, 0) is 33.8 Å². The third-order valence-electron chi connectivity index (χ3n) is 2.40. The van der Waals surface area contributed by atoms with Crippen molar-refractivity contribution in [1.29, 1.82) is 0 Å². The fourth-order valence-electron chi connectivity index (χ4n) is 1.45. The molecule has 2 aromatic rings. The van der Waals surface area contributed by atoms with Crippen LogP contribution in [0.4, 0.5) is 11.5 Å². The van der Waals surface area contributed by atoms with Crippen LogP contribution in [0.25, 0.3) is 0 Å². The summed E-state index contributed by atoms with van der Waals surface area (Å²) in [6.45, 7) is 3.29. The van der Waals surface area contributed by atoms with Gasteiger partial charge in [0.25, 0.3) is 0 Å². The summed E-state index contributed by atoms with van der Waals surface area (Å²) in [6.07, 6.45) is 2.36. The molecule has 2 heterocycles. The number of hydrogen-bond donors (Lipinski definition) is 2. The number of ether oxygens (including phenoxy) is 1. The van der Waals surface area contributed by atoms with Gasteiger partial charge in [0.2, 0.25) is 5.88 Å². The number of anilines is 2. The number of nitrogen functional groups attached to an aromatic ring is 1. The van der Waals surface area contributed by atoms with Gasteiger partial charge in [-0.1, -0.05) is 6.92 Å². The number of rotatable bonds is 6. The quantitative estimate of drug-likeness (QED) is 0.842. The van der Waals surface area contributed by atoms with E-state index in [0.717, 1.165) is 10.9 Å². The van der Waals surface area contributed by atoms with Gasteiger partial charge in [-0.15, -0.1) is 11.3 Å². The zero-order chi connectivity index (χ0) is 13.7. The molecule has 0 unspecified atom stereocenters. The molecule has 2 aromatic heterocycles. The molecule has 0 aliphatic rings. The molecule has 0 saturated carbocycles. The number of nitrogens with one attached hydrogen (secondary N) is 1. The van der Waals surface area contributed by atoms with Gasteiger partial charge in [0, 0.05) is 9.35 Å². The lowest BCUT2D eigenvalue weighted by atomic mass is 10.4. The average Bonchev–Trinajstić information content (AvgIpc) is 2.82. The highest BCUT2D eigenvalue weighted by molar-refractivity contribution is 9.10. The van der Waals surface area contributed by atoms with Crippen LogP contribution in [0.2, 0.25) is 0 Å². The van der Waals surface area contributed by atoms with Gasteiger partial charge in [-0.3, -0.25) is 0 Å². The van der Waals surface area contributed by atoms with Crippen molar-refractivity contribution < 1.29 is 4.74 Å². The Bertz CT molecular complexity index is 546. The SMILES string of the molecule is CCCOc1ncnc(NCc2sccc2Br)c1N. The van der Waals surface area contributed by atoms with Gasteiger partial charge in [0.05, 0.1) is 13.2 Å². The zero-order valence-electron chi connectivity index (χ0n) is 10.5. The molecule has 2 rings (SSSR count). The van der Waals surface area contributed by atoms with Crippen molar-refractivity contribution in [2.75, 3.05) is 17.7 Å². The molecule has 0 aliphatic heterocycles. The van der Waals surface area contributed by atoms with Gasteiger partial charge >= 0.3 is 0 Å². The highest BCUT2D eigenvalue weighted by Crippen LogP contribution is 2.27. The Kier molecular flexibility index (Phi) is 4.98. The van der Waals surface area contributed by atoms with Gasteiger partial charge in [0.1, 0.15) is 12.0 Å². The van der Waals surface area contributed by atoms with Crippen molar-refractivity contribution in [3.05, 3.63) is 27.1 Å². The Hall–Kier alpha value is -1.34. The first-order chi connectivity index (χ1) is 9.22. The number of halogens is 1. The largest absolute Gasteiger partial charge is 0.476 e. The molecular formula is C12H15BrN4OS. The molecular weight excluding hydrogens is 328 g/mol. The maximum absolute atomic E-state index is 5.98. The van der Waals surface area contributed by atoms with Crippen LogP contribution < -0.4 is 15.8 Å². The summed E-state index contributed by atoms with van der Waals surface area (Å²) < 4.78 is 6.55. The van der Waals surface area contributed by atoms with Gasteiger partial charge in [-0.25, -0.2) is 4.98 Å². The van der Waals surface area contributed by atoms with Crippen LogP contribution in [0.5, 0.6) is 5.88 Å². The highest BCUT2D eigenvalue weighted by Gasteiger charge is 2.09. The minimum Gasteiger partial charge on any atom is -0.476 e. The molecule has 0 bridgehead atoms. The van der Waals surface area contributed by atoms with E-state index in [1.54, 1.807) is 11.3 Å². The Morgan fingerprint density at radius 3 is 3.00 bits per heavy atom. The van der Waals surface area contributed by atoms with Crippen molar-refractivity contribution in [3.8, 4) is 5.88 Å². The molecule has 7 heteroatoms. The van der Waals surface area contributed by atoms with Crippen molar-refractivity contribution in [2.45, 2.75) is 19.9 Å². The summed E-state index contributed by atoms with van der Waals surface area (Å²) in [4.78, 5) is 9.36. The van der Waals surface area contributed by atoms with E-state index < -0.39 is 0 Å². The van der Waals surface area contributed by atoms with E-state index >= 15 is 0 Å². The molecule has 102 valence electrons. The van der Waals surface area contributed by atoms with Crippen LogP contribution in [0, 0.1) is 0 Å². The Balaban J connectivity index is 2.06. The molecule has 0 amide bonds. The molecule has 0 fully saturated rings. The second-order valence-corrected chi connectivity index (χ2v) is 5.69. The first kappa shape index (κ1) is 14.1. The maximum atomic E-state index is 5.98. The third-order valence-corrected chi connectivity index (χ3v) is 4.32. The first-order valence-electron chi connectivity index (χ1n) is 5.91. The molecule has 0 atom stereocenters. The summed E-state index contributed by atoms with van der Waals surface area (Å²) in [7, 11) is 0. The number of nitrogens with two attached hydrogens (primary N) is 1. The standard InChI is InChI=1S/C12H15BrN4OS/c1-2-4-18-12-10(14)11(16-7-17-12)15-6-9-8(13)3-5-19-9/h3,5,7H,2,4,6,14H2,1H3,(H,15,16,17). The molecule has 0 aliphatic carbocycles. The zero-order valence-corrected chi connectivity index (χ0v) is 12.9. The van der Waals surface area contributed by atoms with Crippen molar-refractivity contribution >= 4 is 38.8 Å². The molecule has 0 spiro atoms. The summed E-state index contributed by atoms with van der Waals surface area (Å²) in [5.74, 6) is 1.03. The lowest BCUT2D eigenvalue weighted by molar-refractivity contribution is 0.306. The summed E-state index contributed by atoms with van der Waals surface area (Å²) >= 11 is 5.16. The first-order valence-corrected chi connectivity index (χ1v) is 7.58. The van der Waals surface area contributed by atoms with Crippen LogP contribution in [0.3, 0.4) is 0 Å². The molecule has 0 radical (unpaired) electrons. The average molecular weight is 343 g/mol. The summed E-state index contributed by atoms with van der Waals surface area (Å²) in [5, 5.41) is 5.23. The van der Waals surface area contributed by atoms with E-state index in [1.807, 2.05) is 18.4 Å². The maximum Gasteiger partial charge on any atom is 0.242 e. The lowest BCUT2D eigenvalue weighted by Crippen LogP contribution is -2.08. The van der Waals surface area contributed by atoms with Crippen LogP contribution in [0.15, 0.2) is 22.2 Å². The molecule has 0 saturated heterocycles. The van der Waals surface area contributed by atoms with E-state index in [9.17, 15) is 0 Å². The van der Waals surface area contributed by atoms with Crippen LogP contribution >= 0.6 is 27.3 Å². The van der Waals surface area contributed by atoms with Gasteiger partial charge < -0.3 is 15.8 Å². The second kappa shape index (κ2) is 6.72. The Labute approximate surface area is 124 Å². The fraction of sp³-hybridized carbons (Fsp3) is 0.333. The minimum absolute atomic E-state index is 0.435. The summed E-state index contributed by atoms with van der Waals surface area (Å²) in [5.41, 5.74) is 6.43. The topological polar surface area (TPSA) is 73.1 Å². The van der Waals surface area contributed by atoms with Crippen molar-refractivity contribution in [1.82, 2.24) is 9.97 Å². The smallest absolute Gasteiger partial charge is 0.242 e. The third kappa shape index (κ3) is 3.57. The minimum atomic E-state index is 0.435. The van der Waals surface area contributed by atoms with Crippen LogP contribution in [-0.2, 0) is 6.54 Å². The molecule has 0 aromatic carbocycles. The van der Waals surface area contributed by atoms with Crippen molar-refractivity contribution in [3.63, 3.8) is 0 Å². The Morgan fingerprint density at radius 2 is 2.32 bits per heavy atom. The van der Waals surface area contributed by atoms with E-state index in [4.69, 9.17) is 10.5 Å². The predicted molar refractivity (Wildman–Crippen MR) is 81.6 cm³/mol. The lowest BCUT2D eigenvalue weighted by Gasteiger charge is -2.11. The summed E-state index contributed by atoms with van der Waals surface area (Å²) in [6, 6.07) is 2.01. The fourth-order valence-corrected chi connectivity index (χ4v) is 2.88. The normalized spacial score (nSPS) is 10.4. The van der Waals surface area contributed by atoms with Gasteiger partial charge in [0.15, 0.2) is 5.82 Å². The predicted octanol–water partition coefficient (Wildman–Crippen LogP) is 3.28. The van der Waals surface area contributed by atoms with E-state index in [-0.39, 0.29) is 0 Å². The molecule has 19 heavy (non-hydrogen) atoms. The number of thiophene rings is 1. The van der Waals surface area contributed by atoms with Crippen LogP contribution in [-0.4, -0.2) is 16.6 Å².